The molecule has 1 unspecified atom stereocenters. The van der Waals surface area contributed by atoms with Crippen molar-refractivity contribution >= 4 is 17.7 Å². The molecular weight excluding hydrogens is 504 g/mol. The van der Waals surface area contributed by atoms with Crippen LogP contribution in [0.2, 0.25) is 0 Å². The summed E-state index contributed by atoms with van der Waals surface area (Å²) < 4.78 is 5.53. The zero-order valence-electron chi connectivity index (χ0n) is 23.4. The van der Waals surface area contributed by atoms with Crippen LogP contribution in [0.1, 0.15) is 62.2 Å². The molecule has 2 amide bonds. The fourth-order valence-electron chi connectivity index (χ4n) is 4.69. The highest BCUT2D eigenvalue weighted by atomic mass is 16.6. The molecule has 0 saturated carbocycles. The lowest BCUT2D eigenvalue weighted by molar-refractivity contribution is -0.118. The number of hydrogen-bond acceptors (Lipinski definition) is 5. The van der Waals surface area contributed by atoms with Gasteiger partial charge in [-0.1, -0.05) is 72.8 Å². The van der Waals surface area contributed by atoms with Gasteiger partial charge in [-0.3, -0.25) is 9.89 Å². The van der Waals surface area contributed by atoms with Crippen LogP contribution in [0.3, 0.4) is 0 Å². The Kier molecular flexibility index (Phi) is 8.70. The molecule has 3 aromatic carbocycles. The van der Waals surface area contributed by atoms with Crippen molar-refractivity contribution in [1.82, 2.24) is 15.5 Å². The molecule has 0 spiro atoms. The van der Waals surface area contributed by atoms with Crippen LogP contribution in [-0.2, 0) is 9.53 Å². The number of nitrogens with one attached hydrogen (secondary N) is 3. The van der Waals surface area contributed by atoms with Gasteiger partial charge in [-0.15, -0.1) is 0 Å². The Bertz CT molecular complexity index is 1390. The van der Waals surface area contributed by atoms with E-state index < -0.39 is 29.8 Å². The first-order chi connectivity index (χ1) is 19.0. The van der Waals surface area contributed by atoms with Crippen molar-refractivity contribution in [1.29, 1.82) is 0 Å². The van der Waals surface area contributed by atoms with Crippen LogP contribution in [0.25, 0.3) is 11.1 Å². The van der Waals surface area contributed by atoms with Gasteiger partial charge in [0.05, 0.1) is 11.8 Å². The quantitative estimate of drug-likeness (QED) is 0.215. The number of H-pyrrole nitrogens is 1. The molecule has 2 atom stereocenters. The number of aromatic amines is 1. The minimum absolute atomic E-state index is 0.388. The van der Waals surface area contributed by atoms with Crippen LogP contribution >= 0.6 is 0 Å². The number of carbonyl (C=O) groups excluding carboxylic acids is 2. The number of rotatable bonds is 8. The van der Waals surface area contributed by atoms with E-state index in [2.05, 4.69) is 20.8 Å². The normalized spacial score (nSPS) is 13.0. The number of aryl methyl sites for hydroxylation is 1. The van der Waals surface area contributed by atoms with E-state index in [-0.39, 0.29) is 5.91 Å². The molecule has 1 aromatic heterocycles. The monoisotopic (exact) mass is 540 g/mol. The summed E-state index contributed by atoms with van der Waals surface area (Å²) in [7, 11) is 0. The van der Waals surface area contributed by atoms with Gasteiger partial charge in [0.2, 0.25) is 5.91 Å². The summed E-state index contributed by atoms with van der Waals surface area (Å²) in [6, 6.07) is 25.5. The predicted molar refractivity (Wildman–Crippen MR) is 156 cm³/mol. The maximum absolute atomic E-state index is 13.9. The van der Waals surface area contributed by atoms with Gasteiger partial charge in [0.15, 0.2) is 0 Å². The van der Waals surface area contributed by atoms with Crippen molar-refractivity contribution in [2.45, 2.75) is 58.3 Å². The van der Waals surface area contributed by atoms with Gasteiger partial charge < -0.3 is 20.5 Å². The van der Waals surface area contributed by atoms with Gasteiger partial charge >= 0.3 is 6.09 Å². The van der Waals surface area contributed by atoms with E-state index in [0.29, 0.717) is 11.4 Å². The summed E-state index contributed by atoms with van der Waals surface area (Å²) >= 11 is 0. The van der Waals surface area contributed by atoms with E-state index in [1.54, 1.807) is 39.8 Å². The molecule has 0 aliphatic rings. The minimum Gasteiger partial charge on any atom is -0.444 e. The van der Waals surface area contributed by atoms with Gasteiger partial charge in [0, 0.05) is 22.9 Å². The van der Waals surface area contributed by atoms with Crippen LogP contribution in [0.15, 0.2) is 84.9 Å². The van der Waals surface area contributed by atoms with Gasteiger partial charge in [-0.05, 0) is 63.4 Å². The van der Waals surface area contributed by atoms with Crippen molar-refractivity contribution < 1.29 is 19.4 Å². The number of nitrogens with zero attached hydrogens (tertiary/aromatic N) is 1. The van der Waals surface area contributed by atoms with E-state index in [9.17, 15) is 14.7 Å². The van der Waals surface area contributed by atoms with Gasteiger partial charge in [-0.2, -0.15) is 5.10 Å². The van der Waals surface area contributed by atoms with Crippen molar-refractivity contribution in [2.75, 3.05) is 5.32 Å². The van der Waals surface area contributed by atoms with Crippen LogP contribution in [-0.4, -0.2) is 38.9 Å². The summed E-state index contributed by atoms with van der Waals surface area (Å²) in [5.41, 5.74) is 4.66. The molecule has 4 aromatic rings. The SMILES string of the molecule is Cc1[nH]nc(C(C)O)c1-c1ccc(NC(=O)[C@@H](NC(=O)OC(C)(C)C)C(c2ccccc2)c2ccccc2)cc1. The number of carbonyl (C=O) groups is 2. The topological polar surface area (TPSA) is 116 Å². The highest BCUT2D eigenvalue weighted by Gasteiger charge is 2.34. The summed E-state index contributed by atoms with van der Waals surface area (Å²) in [5.74, 6) is -0.864. The number of aromatic nitrogens is 2. The highest BCUT2D eigenvalue weighted by molar-refractivity contribution is 5.98. The maximum Gasteiger partial charge on any atom is 0.408 e. The van der Waals surface area contributed by atoms with Crippen LogP contribution in [0.5, 0.6) is 0 Å². The number of hydrogen-bond donors (Lipinski definition) is 4. The molecule has 0 bridgehead atoms. The molecule has 0 radical (unpaired) electrons. The second-order valence-corrected chi connectivity index (χ2v) is 10.8. The van der Waals surface area contributed by atoms with Crippen molar-refractivity contribution in [3.8, 4) is 11.1 Å². The number of anilines is 1. The molecule has 208 valence electrons. The Balaban J connectivity index is 1.67. The number of ether oxygens (including phenoxy) is 1. The average molecular weight is 541 g/mol. The summed E-state index contributed by atoms with van der Waals surface area (Å²) in [6.07, 6.45) is -1.41. The lowest BCUT2D eigenvalue weighted by atomic mass is 9.84. The number of alkyl carbamates (subject to hydrolysis) is 1. The van der Waals surface area contributed by atoms with Crippen LogP contribution < -0.4 is 10.6 Å². The smallest absolute Gasteiger partial charge is 0.408 e. The Labute approximate surface area is 234 Å². The Morgan fingerprint density at radius 2 is 1.45 bits per heavy atom. The first kappa shape index (κ1) is 28.6. The molecular formula is C32H36N4O4. The van der Waals surface area contributed by atoms with Crippen molar-refractivity contribution in [3.05, 3.63) is 107 Å². The van der Waals surface area contributed by atoms with E-state index in [1.165, 1.54) is 0 Å². The molecule has 1 heterocycles. The largest absolute Gasteiger partial charge is 0.444 e. The first-order valence-electron chi connectivity index (χ1n) is 13.3. The van der Waals surface area contributed by atoms with Crippen LogP contribution in [0, 0.1) is 6.92 Å². The third kappa shape index (κ3) is 6.95. The maximum atomic E-state index is 13.9. The number of amides is 2. The fraction of sp³-hybridized carbons (Fsp3) is 0.281. The van der Waals surface area contributed by atoms with Crippen molar-refractivity contribution in [2.24, 2.45) is 0 Å². The molecule has 40 heavy (non-hydrogen) atoms. The summed E-state index contributed by atoms with van der Waals surface area (Å²) in [5, 5.41) is 23.1. The molecule has 0 fully saturated rings. The predicted octanol–water partition coefficient (Wildman–Crippen LogP) is 6.10. The van der Waals surface area contributed by atoms with E-state index in [1.807, 2.05) is 79.7 Å². The lowest BCUT2D eigenvalue weighted by Gasteiger charge is -2.29. The van der Waals surface area contributed by atoms with Crippen molar-refractivity contribution in [3.63, 3.8) is 0 Å². The number of benzene rings is 3. The molecule has 4 N–H and O–H groups in total. The minimum atomic E-state index is -0.975. The second kappa shape index (κ2) is 12.2. The molecule has 8 heteroatoms. The standard InChI is InChI=1S/C32H36N4O4/c1-20-26(28(21(2)37)36-35-20)24-16-18-25(19-17-24)33-30(38)29(34-31(39)40-32(3,4)5)27(22-12-8-6-9-13-22)23-14-10-7-11-15-23/h6-19,21,27,29,37H,1-5H3,(H,33,38)(H,34,39)(H,35,36)/t21?,29-/m0/s1. The van der Waals surface area contributed by atoms with Gasteiger partial charge in [0.25, 0.3) is 0 Å². The molecule has 8 nitrogen and oxygen atoms in total. The summed E-state index contributed by atoms with van der Waals surface area (Å²) in [6.45, 7) is 8.89. The molecule has 4 rings (SSSR count). The van der Waals surface area contributed by atoms with Gasteiger partial charge in [-0.25, -0.2) is 4.79 Å². The van der Waals surface area contributed by atoms with Crippen LogP contribution in [0.4, 0.5) is 10.5 Å². The third-order valence-corrected chi connectivity index (χ3v) is 6.42. The number of aliphatic hydroxyl groups is 1. The van der Waals surface area contributed by atoms with E-state index >= 15 is 0 Å². The first-order valence-corrected chi connectivity index (χ1v) is 13.3. The zero-order chi connectivity index (χ0) is 28.9. The lowest BCUT2D eigenvalue weighted by Crippen LogP contribution is -2.49. The molecule has 0 aliphatic heterocycles. The average Bonchev–Trinajstić information content (AvgIpc) is 3.30. The Morgan fingerprint density at radius 3 is 1.95 bits per heavy atom. The third-order valence-electron chi connectivity index (χ3n) is 6.42. The van der Waals surface area contributed by atoms with Gasteiger partial charge in [0.1, 0.15) is 11.6 Å². The molecule has 0 aliphatic carbocycles. The Hall–Kier alpha value is -4.43. The van der Waals surface area contributed by atoms with E-state index in [0.717, 1.165) is 27.9 Å². The Morgan fingerprint density at radius 1 is 0.900 bits per heavy atom. The fourth-order valence-corrected chi connectivity index (χ4v) is 4.69. The van der Waals surface area contributed by atoms with E-state index in [4.69, 9.17) is 4.74 Å². The molecule has 0 saturated heterocycles. The second-order valence-electron chi connectivity index (χ2n) is 10.8. The zero-order valence-corrected chi connectivity index (χ0v) is 23.4. The highest BCUT2D eigenvalue weighted by Crippen LogP contribution is 2.32. The summed E-state index contributed by atoms with van der Waals surface area (Å²) in [4.78, 5) is 26.8. The number of aliphatic hydroxyl groups excluding tert-OH is 1.